The van der Waals surface area contributed by atoms with Gasteiger partial charge in [0.15, 0.2) is 17.3 Å². The molecule has 0 radical (unpaired) electrons. The van der Waals surface area contributed by atoms with E-state index < -0.39 is 0 Å². The summed E-state index contributed by atoms with van der Waals surface area (Å²) in [5.74, 6) is 1.45. The molecule has 152 valence electrons. The van der Waals surface area contributed by atoms with E-state index in [2.05, 4.69) is 23.2 Å². The number of thiophene rings is 1. The van der Waals surface area contributed by atoms with E-state index in [1.807, 2.05) is 47.8 Å². The topological polar surface area (TPSA) is 48.4 Å². The van der Waals surface area contributed by atoms with Crippen molar-refractivity contribution in [1.82, 2.24) is 4.98 Å². The highest BCUT2D eigenvalue weighted by Gasteiger charge is 2.22. The minimum absolute atomic E-state index is 0.0907. The number of carbonyl (C=O) groups is 1. The van der Waals surface area contributed by atoms with Crippen LogP contribution in [0.25, 0.3) is 10.9 Å². The Labute approximate surface area is 183 Å². The number of benzene rings is 2. The number of hydrogen-bond donors (Lipinski definition) is 0. The predicted octanol–water partition coefficient (Wildman–Crippen LogP) is 6.42. The van der Waals surface area contributed by atoms with Crippen molar-refractivity contribution in [3.63, 3.8) is 0 Å². The van der Waals surface area contributed by atoms with Crippen LogP contribution < -0.4 is 9.47 Å². The lowest BCUT2D eigenvalue weighted by atomic mass is 10.1. The van der Waals surface area contributed by atoms with Crippen LogP contribution in [0.1, 0.15) is 26.9 Å². The molecule has 0 saturated carbocycles. The van der Waals surface area contributed by atoms with Crippen LogP contribution in [-0.4, -0.2) is 25.0 Å². The Balaban J connectivity index is 1.72. The summed E-state index contributed by atoms with van der Waals surface area (Å²) >= 11 is 3.13. The number of hydrogen-bond acceptors (Lipinski definition) is 6. The van der Waals surface area contributed by atoms with E-state index in [4.69, 9.17) is 9.47 Å². The number of pyridine rings is 1. The Morgan fingerprint density at radius 2 is 1.87 bits per heavy atom. The molecule has 0 aliphatic rings. The summed E-state index contributed by atoms with van der Waals surface area (Å²) in [6.45, 7) is 0. The quantitative estimate of drug-likeness (QED) is 0.236. The van der Waals surface area contributed by atoms with Crippen LogP contribution in [-0.2, 0) is 0 Å². The smallest absolute Gasteiger partial charge is 0.174 e. The lowest BCUT2D eigenvalue weighted by molar-refractivity contribution is 0.0986. The Hall–Kier alpha value is -2.83. The average molecular weight is 436 g/mol. The normalized spacial score (nSPS) is 11.9. The monoisotopic (exact) mass is 435 g/mol. The van der Waals surface area contributed by atoms with Crippen LogP contribution in [0.5, 0.6) is 11.5 Å². The van der Waals surface area contributed by atoms with Gasteiger partial charge in [0.2, 0.25) is 0 Å². The molecule has 2 heterocycles. The molecule has 0 bridgehead atoms. The first-order valence-corrected chi connectivity index (χ1v) is 11.2. The molecule has 2 aromatic heterocycles. The first-order valence-electron chi connectivity index (χ1n) is 9.48. The summed E-state index contributed by atoms with van der Waals surface area (Å²) in [5, 5.41) is 2.92. The van der Waals surface area contributed by atoms with Crippen LogP contribution in [0.3, 0.4) is 0 Å². The molecule has 0 N–H and O–H groups in total. The summed E-state index contributed by atoms with van der Waals surface area (Å²) in [5.41, 5.74) is 1.95. The van der Waals surface area contributed by atoms with Crippen LogP contribution >= 0.6 is 23.1 Å². The Bertz CT molecular complexity index is 1150. The maximum atomic E-state index is 12.9. The van der Waals surface area contributed by atoms with Crippen LogP contribution in [0.15, 0.2) is 77.1 Å². The summed E-state index contributed by atoms with van der Waals surface area (Å²) < 4.78 is 10.9. The van der Waals surface area contributed by atoms with Crippen molar-refractivity contribution in [2.75, 3.05) is 14.2 Å². The number of rotatable bonds is 8. The van der Waals surface area contributed by atoms with Gasteiger partial charge in [-0.15, -0.1) is 23.1 Å². The van der Waals surface area contributed by atoms with Crippen LogP contribution in [0.2, 0.25) is 0 Å². The number of ketones is 1. The molecular formula is C24H21NO3S2. The summed E-state index contributed by atoms with van der Waals surface area (Å²) in [4.78, 5) is 19.3. The molecule has 0 spiro atoms. The predicted molar refractivity (Wildman–Crippen MR) is 123 cm³/mol. The Morgan fingerprint density at radius 3 is 2.63 bits per heavy atom. The minimum Gasteiger partial charge on any atom is -0.493 e. The second-order valence-electron chi connectivity index (χ2n) is 6.66. The van der Waals surface area contributed by atoms with E-state index in [0.29, 0.717) is 17.9 Å². The third kappa shape index (κ3) is 4.35. The zero-order valence-corrected chi connectivity index (χ0v) is 18.3. The lowest BCUT2D eigenvalue weighted by Crippen LogP contribution is -2.05. The average Bonchev–Trinajstić information content (AvgIpc) is 3.33. The molecule has 0 fully saturated rings. The van der Waals surface area contributed by atoms with E-state index >= 15 is 0 Å². The number of nitrogens with zero attached hydrogens (tertiary/aromatic N) is 1. The van der Waals surface area contributed by atoms with Gasteiger partial charge in [0, 0.05) is 28.1 Å². The van der Waals surface area contributed by atoms with Gasteiger partial charge in [0.05, 0.1) is 24.6 Å². The highest BCUT2D eigenvalue weighted by atomic mass is 32.2. The number of thioether (sulfide) groups is 1. The third-order valence-corrected chi connectivity index (χ3v) is 7.03. The number of para-hydroxylation sites is 1. The molecule has 0 saturated heterocycles. The van der Waals surface area contributed by atoms with Crippen molar-refractivity contribution in [1.29, 1.82) is 0 Å². The molecule has 1 unspecified atom stereocenters. The van der Waals surface area contributed by atoms with Crippen molar-refractivity contribution in [3.8, 4) is 11.5 Å². The molecule has 0 amide bonds. The SMILES string of the molecule is COc1ccc(C(CC(=O)c2cccs2)Sc2cccc3cccnc23)cc1OC. The van der Waals surface area contributed by atoms with Crippen LogP contribution in [0, 0.1) is 0 Å². The maximum absolute atomic E-state index is 12.9. The lowest BCUT2D eigenvalue weighted by Gasteiger charge is -2.19. The van der Waals surface area contributed by atoms with E-state index in [1.165, 1.54) is 11.3 Å². The van der Waals surface area contributed by atoms with E-state index in [0.717, 1.165) is 26.2 Å². The molecule has 0 aliphatic carbocycles. The van der Waals surface area contributed by atoms with Gasteiger partial charge in [-0.1, -0.05) is 30.3 Å². The molecule has 1 atom stereocenters. The zero-order chi connectivity index (χ0) is 20.9. The van der Waals surface area contributed by atoms with Crippen molar-refractivity contribution < 1.29 is 14.3 Å². The van der Waals surface area contributed by atoms with Gasteiger partial charge in [-0.3, -0.25) is 9.78 Å². The number of carbonyl (C=O) groups excluding carboxylic acids is 1. The zero-order valence-electron chi connectivity index (χ0n) is 16.7. The van der Waals surface area contributed by atoms with Gasteiger partial charge in [0.1, 0.15) is 0 Å². The molecule has 2 aromatic carbocycles. The second-order valence-corrected chi connectivity index (χ2v) is 8.85. The molecule has 4 nitrogen and oxygen atoms in total. The van der Waals surface area contributed by atoms with E-state index in [-0.39, 0.29) is 11.0 Å². The van der Waals surface area contributed by atoms with Gasteiger partial charge in [-0.25, -0.2) is 0 Å². The number of fused-ring (bicyclic) bond motifs is 1. The Morgan fingerprint density at radius 1 is 1.03 bits per heavy atom. The first kappa shape index (κ1) is 20.4. The highest BCUT2D eigenvalue weighted by Crippen LogP contribution is 2.43. The summed E-state index contributed by atoms with van der Waals surface area (Å²) in [7, 11) is 3.24. The fraction of sp³-hybridized carbons (Fsp3) is 0.167. The van der Waals surface area contributed by atoms with Gasteiger partial charge in [-0.2, -0.15) is 0 Å². The number of aromatic nitrogens is 1. The highest BCUT2D eigenvalue weighted by molar-refractivity contribution is 7.99. The van der Waals surface area contributed by atoms with Gasteiger partial charge in [-0.05, 0) is 41.3 Å². The van der Waals surface area contributed by atoms with Crippen LogP contribution in [0.4, 0.5) is 0 Å². The summed E-state index contributed by atoms with van der Waals surface area (Å²) in [6.07, 6.45) is 2.18. The Kier molecular flexibility index (Phi) is 6.35. The number of ether oxygens (including phenoxy) is 2. The second kappa shape index (κ2) is 9.32. The third-order valence-electron chi connectivity index (χ3n) is 4.81. The molecule has 30 heavy (non-hydrogen) atoms. The molecule has 6 heteroatoms. The van der Waals surface area contributed by atoms with Crippen molar-refractivity contribution in [3.05, 3.63) is 82.7 Å². The summed E-state index contributed by atoms with van der Waals surface area (Å²) in [6, 6.07) is 19.7. The fourth-order valence-electron chi connectivity index (χ4n) is 3.31. The number of methoxy groups -OCH3 is 2. The molecular weight excluding hydrogens is 414 g/mol. The molecule has 4 rings (SSSR count). The fourth-order valence-corrected chi connectivity index (χ4v) is 5.25. The largest absolute Gasteiger partial charge is 0.493 e. The first-order chi connectivity index (χ1) is 14.7. The standard InChI is InChI=1S/C24H21NO3S2/c1-27-19-11-10-17(14-20(19)28-2)23(15-18(26)21-9-5-13-29-21)30-22-8-3-6-16-7-4-12-25-24(16)22/h3-14,23H,15H2,1-2H3. The van der Waals surface area contributed by atoms with Gasteiger partial charge >= 0.3 is 0 Å². The molecule has 4 aromatic rings. The minimum atomic E-state index is -0.0907. The maximum Gasteiger partial charge on any atom is 0.174 e. The van der Waals surface area contributed by atoms with Crippen molar-refractivity contribution in [2.45, 2.75) is 16.6 Å². The van der Waals surface area contributed by atoms with Crippen molar-refractivity contribution >= 4 is 39.8 Å². The van der Waals surface area contributed by atoms with Crippen molar-refractivity contribution in [2.24, 2.45) is 0 Å². The van der Waals surface area contributed by atoms with E-state index in [1.54, 1.807) is 32.2 Å². The molecule has 0 aliphatic heterocycles. The van der Waals surface area contributed by atoms with Gasteiger partial charge < -0.3 is 9.47 Å². The van der Waals surface area contributed by atoms with Gasteiger partial charge in [0.25, 0.3) is 0 Å². The number of Topliss-reactive ketones (excluding diaryl/α,β-unsaturated/α-hetero) is 1. The van der Waals surface area contributed by atoms with E-state index in [9.17, 15) is 4.79 Å².